The molecule has 1 aliphatic rings. The second kappa shape index (κ2) is 5.74. The summed E-state index contributed by atoms with van der Waals surface area (Å²) >= 11 is 1.61. The Labute approximate surface area is 116 Å². The van der Waals surface area contributed by atoms with Gasteiger partial charge in [0.05, 0.1) is 11.8 Å². The zero-order valence-corrected chi connectivity index (χ0v) is 12.0. The summed E-state index contributed by atoms with van der Waals surface area (Å²) in [5.74, 6) is -1.58. The second-order valence-electron chi connectivity index (χ2n) is 5.43. The fourth-order valence-electron chi connectivity index (χ4n) is 2.74. The smallest absolute Gasteiger partial charge is 0.307 e. The van der Waals surface area contributed by atoms with Gasteiger partial charge >= 0.3 is 5.97 Å². The fourth-order valence-corrected chi connectivity index (χ4v) is 3.59. The van der Waals surface area contributed by atoms with Crippen molar-refractivity contribution in [3.63, 3.8) is 0 Å². The standard InChI is InChI=1S/C14H19NO3S/c1-8-3-11(12(4-8)14(17)18)13(16)15-5-10-7-19-6-9(10)2/h6-8,11-12H,3-5H2,1-2H3,(H,15,16)(H,17,18). The van der Waals surface area contributed by atoms with Gasteiger partial charge in [0.1, 0.15) is 0 Å². The Bertz CT molecular complexity index is 483. The van der Waals surface area contributed by atoms with E-state index in [-0.39, 0.29) is 11.8 Å². The van der Waals surface area contributed by atoms with Gasteiger partial charge in [-0.05, 0) is 47.6 Å². The minimum absolute atomic E-state index is 0.123. The predicted octanol–water partition coefficient (Wildman–Crippen LogP) is 2.42. The molecule has 1 aliphatic carbocycles. The van der Waals surface area contributed by atoms with E-state index < -0.39 is 11.9 Å². The first-order valence-corrected chi connectivity index (χ1v) is 7.45. The van der Waals surface area contributed by atoms with Crippen LogP contribution < -0.4 is 5.32 Å². The largest absolute Gasteiger partial charge is 0.481 e. The van der Waals surface area contributed by atoms with E-state index in [2.05, 4.69) is 5.32 Å². The van der Waals surface area contributed by atoms with Crippen molar-refractivity contribution in [3.05, 3.63) is 21.9 Å². The molecule has 19 heavy (non-hydrogen) atoms. The molecular weight excluding hydrogens is 262 g/mol. The second-order valence-corrected chi connectivity index (χ2v) is 6.17. The van der Waals surface area contributed by atoms with Crippen LogP contribution in [0.3, 0.4) is 0 Å². The molecule has 3 atom stereocenters. The van der Waals surface area contributed by atoms with Gasteiger partial charge in [0, 0.05) is 6.54 Å². The van der Waals surface area contributed by atoms with Crippen LogP contribution in [-0.4, -0.2) is 17.0 Å². The predicted molar refractivity (Wildman–Crippen MR) is 73.9 cm³/mol. The van der Waals surface area contributed by atoms with Gasteiger partial charge in [0.2, 0.25) is 5.91 Å². The Morgan fingerprint density at radius 1 is 1.37 bits per heavy atom. The molecule has 3 unspecified atom stereocenters. The van der Waals surface area contributed by atoms with Crippen molar-refractivity contribution < 1.29 is 14.7 Å². The molecule has 0 saturated heterocycles. The zero-order chi connectivity index (χ0) is 14.0. The van der Waals surface area contributed by atoms with Gasteiger partial charge < -0.3 is 10.4 Å². The van der Waals surface area contributed by atoms with Crippen LogP contribution in [0.4, 0.5) is 0 Å². The summed E-state index contributed by atoms with van der Waals surface area (Å²) in [6.07, 6.45) is 1.27. The number of carboxylic acid groups (broad SMARTS) is 1. The lowest BCUT2D eigenvalue weighted by Gasteiger charge is -2.15. The van der Waals surface area contributed by atoms with E-state index in [1.807, 2.05) is 24.6 Å². The molecule has 1 saturated carbocycles. The Hall–Kier alpha value is -1.36. The van der Waals surface area contributed by atoms with Gasteiger partial charge in [-0.2, -0.15) is 11.3 Å². The number of amides is 1. The van der Waals surface area contributed by atoms with E-state index in [0.717, 1.165) is 5.56 Å². The van der Waals surface area contributed by atoms with Crippen molar-refractivity contribution in [2.24, 2.45) is 17.8 Å². The number of carboxylic acids is 1. The monoisotopic (exact) mass is 281 g/mol. The van der Waals surface area contributed by atoms with E-state index in [0.29, 0.717) is 25.3 Å². The number of rotatable bonds is 4. The number of hydrogen-bond acceptors (Lipinski definition) is 3. The number of thiophene rings is 1. The molecule has 2 rings (SSSR count). The molecule has 0 aliphatic heterocycles. The maximum absolute atomic E-state index is 12.1. The normalized spacial score (nSPS) is 26.3. The van der Waals surface area contributed by atoms with Crippen LogP contribution in [-0.2, 0) is 16.1 Å². The van der Waals surface area contributed by atoms with E-state index >= 15 is 0 Å². The first-order valence-electron chi connectivity index (χ1n) is 6.51. The number of aliphatic carboxylic acids is 1. The molecule has 0 radical (unpaired) electrons. The first kappa shape index (κ1) is 14.1. The lowest BCUT2D eigenvalue weighted by Crippen LogP contribution is -2.34. The van der Waals surface area contributed by atoms with Gasteiger partial charge in [0.25, 0.3) is 0 Å². The van der Waals surface area contributed by atoms with Crippen LogP contribution in [0.2, 0.25) is 0 Å². The number of aryl methyl sites for hydroxylation is 1. The van der Waals surface area contributed by atoms with Gasteiger partial charge in [-0.15, -0.1) is 0 Å². The lowest BCUT2D eigenvalue weighted by atomic mass is 9.95. The average molecular weight is 281 g/mol. The summed E-state index contributed by atoms with van der Waals surface area (Å²) in [4.78, 5) is 23.3. The van der Waals surface area contributed by atoms with E-state index in [1.54, 1.807) is 11.3 Å². The van der Waals surface area contributed by atoms with Crippen LogP contribution in [0.5, 0.6) is 0 Å². The molecule has 0 spiro atoms. The van der Waals surface area contributed by atoms with Crippen LogP contribution in [0.15, 0.2) is 10.8 Å². The summed E-state index contributed by atoms with van der Waals surface area (Å²) in [5.41, 5.74) is 2.27. The highest BCUT2D eigenvalue weighted by molar-refractivity contribution is 7.08. The molecule has 1 amide bonds. The summed E-state index contributed by atoms with van der Waals surface area (Å²) in [5, 5.41) is 16.1. The third kappa shape index (κ3) is 3.15. The molecule has 1 heterocycles. The summed E-state index contributed by atoms with van der Waals surface area (Å²) in [6.45, 7) is 4.51. The average Bonchev–Trinajstić information content (AvgIpc) is 2.92. The molecule has 1 aromatic rings. The summed E-state index contributed by atoms with van der Waals surface area (Å²) in [7, 11) is 0. The minimum Gasteiger partial charge on any atom is -0.481 e. The van der Waals surface area contributed by atoms with Gasteiger partial charge in [0.15, 0.2) is 0 Å². The molecule has 2 N–H and O–H groups in total. The zero-order valence-electron chi connectivity index (χ0n) is 11.2. The van der Waals surface area contributed by atoms with Gasteiger partial charge in [-0.1, -0.05) is 6.92 Å². The SMILES string of the molecule is Cc1cscc1CNC(=O)C1CC(C)CC1C(=O)O. The highest BCUT2D eigenvalue weighted by Crippen LogP contribution is 2.36. The Kier molecular flexibility index (Phi) is 4.24. The molecule has 1 aromatic heterocycles. The fraction of sp³-hybridized carbons (Fsp3) is 0.571. The van der Waals surface area contributed by atoms with Crippen LogP contribution in [0, 0.1) is 24.7 Å². The third-order valence-corrected chi connectivity index (χ3v) is 4.78. The van der Waals surface area contributed by atoms with Crippen molar-refractivity contribution in [3.8, 4) is 0 Å². The maximum Gasteiger partial charge on any atom is 0.307 e. The number of hydrogen-bond donors (Lipinski definition) is 2. The van der Waals surface area contributed by atoms with Crippen LogP contribution >= 0.6 is 11.3 Å². The Balaban J connectivity index is 1.96. The molecular formula is C14H19NO3S. The quantitative estimate of drug-likeness (QED) is 0.890. The Morgan fingerprint density at radius 3 is 2.63 bits per heavy atom. The van der Waals surface area contributed by atoms with Crippen molar-refractivity contribution in [1.29, 1.82) is 0 Å². The minimum atomic E-state index is -0.851. The van der Waals surface area contributed by atoms with Crippen molar-refractivity contribution in [2.75, 3.05) is 0 Å². The first-order chi connectivity index (χ1) is 8.99. The van der Waals surface area contributed by atoms with Gasteiger partial charge in [-0.25, -0.2) is 0 Å². The van der Waals surface area contributed by atoms with Crippen molar-refractivity contribution >= 4 is 23.2 Å². The highest BCUT2D eigenvalue weighted by Gasteiger charge is 2.40. The van der Waals surface area contributed by atoms with Crippen molar-refractivity contribution in [1.82, 2.24) is 5.32 Å². The molecule has 104 valence electrons. The third-order valence-electron chi connectivity index (χ3n) is 3.87. The lowest BCUT2D eigenvalue weighted by molar-refractivity contribution is -0.146. The summed E-state index contributed by atoms with van der Waals surface area (Å²) in [6, 6.07) is 0. The topological polar surface area (TPSA) is 66.4 Å². The molecule has 4 nitrogen and oxygen atoms in total. The van der Waals surface area contributed by atoms with E-state index in [4.69, 9.17) is 5.11 Å². The van der Waals surface area contributed by atoms with E-state index in [9.17, 15) is 9.59 Å². The number of nitrogens with one attached hydrogen (secondary N) is 1. The number of carbonyl (C=O) groups excluding carboxylic acids is 1. The maximum atomic E-state index is 12.1. The Morgan fingerprint density at radius 2 is 2.05 bits per heavy atom. The van der Waals surface area contributed by atoms with Crippen LogP contribution in [0.1, 0.15) is 30.9 Å². The molecule has 0 aromatic carbocycles. The summed E-state index contributed by atoms with van der Waals surface area (Å²) < 4.78 is 0. The molecule has 0 bridgehead atoms. The molecule has 5 heteroatoms. The highest BCUT2D eigenvalue weighted by atomic mass is 32.1. The number of carbonyl (C=O) groups is 2. The van der Waals surface area contributed by atoms with Crippen molar-refractivity contribution in [2.45, 2.75) is 33.2 Å². The van der Waals surface area contributed by atoms with Crippen LogP contribution in [0.25, 0.3) is 0 Å². The van der Waals surface area contributed by atoms with E-state index in [1.165, 1.54) is 5.56 Å². The van der Waals surface area contributed by atoms with Gasteiger partial charge in [-0.3, -0.25) is 9.59 Å². The molecule has 1 fully saturated rings.